The van der Waals surface area contributed by atoms with E-state index in [0.717, 1.165) is 5.56 Å². The van der Waals surface area contributed by atoms with Gasteiger partial charge < -0.3 is 9.84 Å². The van der Waals surface area contributed by atoms with Crippen LogP contribution in [0.3, 0.4) is 0 Å². The van der Waals surface area contributed by atoms with Crippen molar-refractivity contribution in [3.05, 3.63) is 57.6 Å². The normalized spacial score (nSPS) is 25.2. The predicted octanol–water partition coefficient (Wildman–Crippen LogP) is 4.02. The van der Waals surface area contributed by atoms with E-state index in [1.54, 1.807) is 12.1 Å². The number of halogens is 3. The molecule has 0 heterocycles. The Morgan fingerprint density at radius 1 is 1.38 bits per heavy atom. The van der Waals surface area contributed by atoms with Gasteiger partial charge in [-0.25, -0.2) is 4.79 Å². The molecule has 0 aliphatic heterocycles. The molecular formula is C15H13Cl3O3. The molecule has 1 aromatic rings. The van der Waals surface area contributed by atoms with Gasteiger partial charge in [0.15, 0.2) is 0 Å². The summed E-state index contributed by atoms with van der Waals surface area (Å²) in [5.74, 6) is -1.15. The molecule has 112 valence electrons. The second-order valence-electron chi connectivity index (χ2n) is 4.71. The van der Waals surface area contributed by atoms with Crippen LogP contribution in [0, 0.1) is 0 Å². The topological polar surface area (TPSA) is 46.5 Å². The number of hydrogen-bond donors (Lipinski definition) is 1. The van der Waals surface area contributed by atoms with Crippen molar-refractivity contribution in [2.75, 3.05) is 7.11 Å². The summed E-state index contributed by atoms with van der Waals surface area (Å²) in [6.07, 6.45) is 2.60. The number of carboxylic acid groups (broad SMARTS) is 1. The summed E-state index contributed by atoms with van der Waals surface area (Å²) in [5.41, 5.74) is 0.757. The monoisotopic (exact) mass is 346 g/mol. The Hall–Kier alpha value is -1.00. The molecule has 21 heavy (non-hydrogen) atoms. The molecule has 0 fully saturated rings. The zero-order chi connectivity index (χ0) is 15.6. The van der Waals surface area contributed by atoms with Crippen molar-refractivity contribution in [2.45, 2.75) is 17.4 Å². The fraction of sp³-hybridized carbons (Fsp3) is 0.267. The number of ether oxygens (including phenoxy) is 1. The molecule has 0 spiro atoms. The molecule has 2 rings (SSSR count). The molecule has 0 aromatic heterocycles. The van der Waals surface area contributed by atoms with E-state index < -0.39 is 16.9 Å². The molecule has 2 unspecified atom stereocenters. The summed E-state index contributed by atoms with van der Waals surface area (Å²) >= 11 is 18.7. The van der Waals surface area contributed by atoms with Crippen LogP contribution in [0.15, 0.2) is 47.0 Å². The number of alkyl halides is 1. The van der Waals surface area contributed by atoms with E-state index in [1.165, 1.54) is 13.2 Å². The van der Waals surface area contributed by atoms with Gasteiger partial charge in [-0.05, 0) is 24.1 Å². The smallest absolute Gasteiger partial charge is 0.335 e. The van der Waals surface area contributed by atoms with Crippen molar-refractivity contribution in [3.63, 3.8) is 0 Å². The van der Waals surface area contributed by atoms with Crippen molar-refractivity contribution in [1.82, 2.24) is 0 Å². The molecule has 2 atom stereocenters. The summed E-state index contributed by atoms with van der Waals surface area (Å²) in [5, 5.41) is 10.0. The molecule has 1 aromatic carbocycles. The van der Waals surface area contributed by atoms with Crippen LogP contribution in [-0.2, 0) is 16.0 Å². The molecule has 3 nitrogen and oxygen atoms in total. The van der Waals surface area contributed by atoms with Crippen molar-refractivity contribution >= 4 is 40.8 Å². The van der Waals surface area contributed by atoms with Gasteiger partial charge >= 0.3 is 5.97 Å². The lowest BCUT2D eigenvalue weighted by molar-refractivity contribution is -0.134. The van der Waals surface area contributed by atoms with Crippen LogP contribution in [0.1, 0.15) is 5.56 Å². The lowest BCUT2D eigenvalue weighted by atomic mass is 9.85. The van der Waals surface area contributed by atoms with Gasteiger partial charge in [-0.3, -0.25) is 0 Å². The summed E-state index contributed by atoms with van der Waals surface area (Å²) in [4.78, 5) is 10.3. The summed E-state index contributed by atoms with van der Waals surface area (Å²) in [7, 11) is 1.40. The van der Waals surface area contributed by atoms with Gasteiger partial charge in [-0.1, -0.05) is 47.5 Å². The number of carbonyl (C=O) groups is 1. The Morgan fingerprint density at radius 3 is 2.62 bits per heavy atom. The molecule has 0 amide bonds. The van der Waals surface area contributed by atoms with Crippen LogP contribution in [0.4, 0.5) is 0 Å². The van der Waals surface area contributed by atoms with Crippen LogP contribution in [-0.4, -0.2) is 29.2 Å². The molecule has 0 radical (unpaired) electrons. The molecule has 0 saturated heterocycles. The van der Waals surface area contributed by atoms with Crippen LogP contribution >= 0.6 is 34.8 Å². The molecule has 1 aliphatic rings. The van der Waals surface area contributed by atoms with Gasteiger partial charge in [0.1, 0.15) is 6.10 Å². The molecule has 6 heteroatoms. The second-order valence-corrected chi connectivity index (χ2v) is 6.23. The number of benzene rings is 1. The quantitative estimate of drug-likeness (QED) is 0.837. The first-order valence-corrected chi connectivity index (χ1v) is 7.30. The lowest BCUT2D eigenvalue weighted by Gasteiger charge is -2.35. The number of hydrogen-bond acceptors (Lipinski definition) is 2. The third kappa shape index (κ3) is 3.27. The van der Waals surface area contributed by atoms with E-state index in [-0.39, 0.29) is 10.6 Å². The average Bonchev–Trinajstić information content (AvgIpc) is 2.43. The van der Waals surface area contributed by atoms with E-state index in [4.69, 9.17) is 39.5 Å². The first kappa shape index (κ1) is 16.4. The van der Waals surface area contributed by atoms with E-state index in [1.807, 2.05) is 18.2 Å². The first-order valence-electron chi connectivity index (χ1n) is 6.16. The fourth-order valence-corrected chi connectivity index (χ4v) is 3.22. The van der Waals surface area contributed by atoms with Crippen molar-refractivity contribution < 1.29 is 14.6 Å². The highest BCUT2D eigenvalue weighted by Crippen LogP contribution is 2.39. The van der Waals surface area contributed by atoms with Crippen molar-refractivity contribution in [2.24, 2.45) is 0 Å². The SMILES string of the molecule is COC1C(C(=O)O)=C(Cl)C=CC1(Cl)Cc1ccccc1Cl. The third-order valence-electron chi connectivity index (χ3n) is 3.35. The van der Waals surface area contributed by atoms with Crippen LogP contribution in [0.5, 0.6) is 0 Å². The van der Waals surface area contributed by atoms with Crippen molar-refractivity contribution in [3.8, 4) is 0 Å². The maximum atomic E-state index is 11.4. The minimum Gasteiger partial charge on any atom is -0.478 e. The van der Waals surface area contributed by atoms with Crippen LogP contribution in [0.25, 0.3) is 0 Å². The third-order valence-corrected chi connectivity index (χ3v) is 4.50. The second kappa shape index (κ2) is 6.41. The lowest BCUT2D eigenvalue weighted by Crippen LogP contribution is -2.44. The highest BCUT2D eigenvalue weighted by atomic mass is 35.5. The summed E-state index contributed by atoms with van der Waals surface area (Å²) < 4.78 is 5.31. The van der Waals surface area contributed by atoms with Gasteiger partial charge in [0.05, 0.1) is 15.5 Å². The summed E-state index contributed by atoms with van der Waals surface area (Å²) in [6, 6.07) is 7.26. The number of rotatable bonds is 4. The zero-order valence-corrected chi connectivity index (χ0v) is 13.4. The van der Waals surface area contributed by atoms with E-state index in [2.05, 4.69) is 0 Å². The van der Waals surface area contributed by atoms with Gasteiger partial charge in [-0.2, -0.15) is 0 Å². The number of allylic oxidation sites excluding steroid dienone is 2. The number of carboxylic acids is 1. The molecular weight excluding hydrogens is 335 g/mol. The maximum absolute atomic E-state index is 11.4. The highest BCUT2D eigenvalue weighted by Gasteiger charge is 2.43. The van der Waals surface area contributed by atoms with E-state index in [9.17, 15) is 9.90 Å². The van der Waals surface area contributed by atoms with E-state index >= 15 is 0 Å². The Kier molecular flexibility index (Phi) is 4.99. The molecule has 0 saturated carbocycles. The van der Waals surface area contributed by atoms with E-state index in [0.29, 0.717) is 11.4 Å². The standard InChI is InChI=1S/C15H13Cl3O3/c1-21-13-12(14(19)20)11(17)6-7-15(13,18)8-9-4-2-3-5-10(9)16/h2-7,13H,8H2,1H3,(H,19,20). The van der Waals surface area contributed by atoms with Gasteiger partial charge in [0.25, 0.3) is 0 Å². The Labute approximate surface area is 137 Å². The zero-order valence-electron chi connectivity index (χ0n) is 11.1. The van der Waals surface area contributed by atoms with Gasteiger partial charge in [-0.15, -0.1) is 11.6 Å². The average molecular weight is 348 g/mol. The Morgan fingerprint density at radius 2 is 2.05 bits per heavy atom. The molecule has 0 bridgehead atoms. The fourth-order valence-electron chi connectivity index (χ4n) is 2.37. The Bertz CT molecular complexity index is 624. The number of aliphatic carboxylic acids is 1. The maximum Gasteiger partial charge on any atom is 0.335 e. The Balaban J connectivity index is 2.41. The predicted molar refractivity (Wildman–Crippen MR) is 84.2 cm³/mol. The largest absolute Gasteiger partial charge is 0.478 e. The molecule has 1 aliphatic carbocycles. The van der Waals surface area contributed by atoms with Gasteiger partial charge in [0, 0.05) is 12.1 Å². The first-order chi connectivity index (χ1) is 9.89. The highest BCUT2D eigenvalue weighted by molar-refractivity contribution is 6.35. The minimum atomic E-state index is -1.15. The summed E-state index contributed by atoms with van der Waals surface area (Å²) in [6.45, 7) is 0. The minimum absolute atomic E-state index is 0.0521. The van der Waals surface area contributed by atoms with Crippen LogP contribution in [0.2, 0.25) is 5.02 Å². The van der Waals surface area contributed by atoms with Crippen molar-refractivity contribution in [1.29, 1.82) is 0 Å². The van der Waals surface area contributed by atoms with Gasteiger partial charge in [0.2, 0.25) is 0 Å². The molecule has 1 N–H and O–H groups in total. The van der Waals surface area contributed by atoms with Crippen LogP contribution < -0.4 is 0 Å². The number of methoxy groups -OCH3 is 1.